The third-order valence-corrected chi connectivity index (χ3v) is 5.54. The van der Waals surface area contributed by atoms with Crippen LogP contribution in [0.15, 0.2) is 30.9 Å². The Kier molecular flexibility index (Phi) is 3.66. The van der Waals surface area contributed by atoms with E-state index in [1.807, 2.05) is 12.3 Å². The minimum absolute atomic E-state index is 0.314. The zero-order valence-electron chi connectivity index (χ0n) is 15.0. The minimum atomic E-state index is 0.314. The molecule has 9 heteroatoms. The molecule has 9 nitrogen and oxygen atoms in total. The number of aromatic nitrogens is 7. The predicted molar refractivity (Wildman–Crippen MR) is 102 cm³/mol. The summed E-state index contributed by atoms with van der Waals surface area (Å²) in [5.41, 5.74) is 8.28. The van der Waals surface area contributed by atoms with Gasteiger partial charge in [0.25, 0.3) is 0 Å². The number of nitrogens with two attached hydrogens (primary N) is 1. The van der Waals surface area contributed by atoms with Gasteiger partial charge < -0.3 is 16.0 Å². The molecule has 1 aliphatic rings. The number of H-pyrrole nitrogens is 1. The van der Waals surface area contributed by atoms with E-state index in [4.69, 9.17) is 5.73 Å². The molecule has 4 aromatic heterocycles. The summed E-state index contributed by atoms with van der Waals surface area (Å²) < 4.78 is 2.14. The van der Waals surface area contributed by atoms with Crippen LogP contribution < -0.4 is 11.1 Å². The summed E-state index contributed by atoms with van der Waals surface area (Å²) in [6, 6.07) is 2.34. The van der Waals surface area contributed by atoms with Crippen molar-refractivity contribution in [3.05, 3.63) is 36.7 Å². The van der Waals surface area contributed by atoms with Gasteiger partial charge in [-0.3, -0.25) is 4.40 Å². The van der Waals surface area contributed by atoms with Gasteiger partial charge in [-0.1, -0.05) is 13.3 Å². The lowest BCUT2D eigenvalue weighted by atomic mass is 9.93. The van der Waals surface area contributed by atoms with Crippen molar-refractivity contribution in [2.24, 2.45) is 5.92 Å². The average Bonchev–Trinajstić information content (AvgIpc) is 3.39. The van der Waals surface area contributed by atoms with Gasteiger partial charge in [-0.2, -0.15) is 0 Å². The molecule has 0 saturated heterocycles. The summed E-state index contributed by atoms with van der Waals surface area (Å²) >= 11 is 0. The highest BCUT2D eigenvalue weighted by atomic mass is 15.3. The molecule has 0 amide bonds. The van der Waals surface area contributed by atoms with Gasteiger partial charge in [-0.15, -0.1) is 10.2 Å². The summed E-state index contributed by atoms with van der Waals surface area (Å²) in [4.78, 5) is 16.0. The summed E-state index contributed by atoms with van der Waals surface area (Å²) in [5, 5.41) is 12.4. The van der Waals surface area contributed by atoms with Crippen molar-refractivity contribution in [3.63, 3.8) is 0 Å². The molecule has 0 spiro atoms. The van der Waals surface area contributed by atoms with Crippen LogP contribution in [0.5, 0.6) is 0 Å². The van der Waals surface area contributed by atoms with Crippen molar-refractivity contribution in [1.82, 2.24) is 34.5 Å². The molecule has 1 saturated carbocycles. The first-order valence-electron chi connectivity index (χ1n) is 9.24. The fourth-order valence-corrected chi connectivity index (χ4v) is 4.27. The number of nitrogens with zero attached hydrogens (tertiary/aromatic N) is 6. The molecule has 0 unspecified atom stereocenters. The third-order valence-electron chi connectivity index (χ3n) is 5.54. The fourth-order valence-electron chi connectivity index (χ4n) is 4.27. The number of fused-ring (bicyclic) bond motifs is 3. The molecule has 3 atom stereocenters. The highest BCUT2D eigenvalue weighted by molar-refractivity contribution is 5.74. The van der Waals surface area contributed by atoms with E-state index in [2.05, 4.69) is 46.8 Å². The van der Waals surface area contributed by atoms with E-state index in [9.17, 15) is 0 Å². The first kappa shape index (κ1) is 16.0. The molecule has 1 fully saturated rings. The zero-order valence-corrected chi connectivity index (χ0v) is 15.0. The van der Waals surface area contributed by atoms with Crippen LogP contribution in [0.4, 0.5) is 11.6 Å². The molecular formula is C18H21N9. The van der Waals surface area contributed by atoms with Gasteiger partial charge >= 0.3 is 0 Å². The second kappa shape index (κ2) is 6.19. The molecule has 0 aromatic carbocycles. The number of nitrogens with one attached hydrogen (secondary N) is 2. The van der Waals surface area contributed by atoms with E-state index in [-0.39, 0.29) is 0 Å². The van der Waals surface area contributed by atoms with Crippen molar-refractivity contribution in [2.45, 2.75) is 38.1 Å². The molecule has 4 N–H and O–H groups in total. The van der Waals surface area contributed by atoms with Crippen LogP contribution in [0.1, 0.15) is 37.9 Å². The number of nitrogen functional groups attached to an aromatic ring is 1. The van der Waals surface area contributed by atoms with Crippen LogP contribution in [-0.2, 0) is 0 Å². The van der Waals surface area contributed by atoms with Crippen LogP contribution >= 0.6 is 0 Å². The Balaban J connectivity index is 1.48. The number of rotatable bonds is 4. The van der Waals surface area contributed by atoms with E-state index >= 15 is 0 Å². The maximum Gasteiger partial charge on any atom is 0.179 e. The molecule has 0 bridgehead atoms. The van der Waals surface area contributed by atoms with E-state index < -0.39 is 0 Å². The normalized spacial score (nSPS) is 22.6. The standard InChI is InChI=1S/C18H21N9/c1-2-10-5-11(24-15-8-21-14(19)7-22-15)6-12(10)18-26-25-16-9-23-17-13(27(16)18)3-4-20-17/h3-4,7-12,20H,2,5-6H2,1H3,(H2,19,21)(H,22,24)/t10-,11+,12+/m0/s1. The topological polar surface area (TPSA) is 123 Å². The molecule has 0 radical (unpaired) electrons. The Morgan fingerprint density at radius 3 is 2.93 bits per heavy atom. The third kappa shape index (κ3) is 2.66. The van der Waals surface area contributed by atoms with E-state index in [1.54, 1.807) is 18.6 Å². The summed E-state index contributed by atoms with van der Waals surface area (Å²) in [5.74, 6) is 3.04. The SMILES string of the molecule is CC[C@H]1C[C@@H](Nc2cnc(N)cn2)C[C@H]1c1nnc2cnc3[nH]ccc3n12. The number of hydrogen-bond donors (Lipinski definition) is 3. The molecule has 27 heavy (non-hydrogen) atoms. The Bertz CT molecular complexity index is 1080. The van der Waals surface area contributed by atoms with Crippen molar-refractivity contribution in [1.29, 1.82) is 0 Å². The van der Waals surface area contributed by atoms with Gasteiger partial charge in [0.1, 0.15) is 17.5 Å². The first-order chi connectivity index (χ1) is 13.2. The highest BCUT2D eigenvalue weighted by Crippen LogP contribution is 2.42. The predicted octanol–water partition coefficient (Wildman–Crippen LogP) is 2.36. The molecule has 4 heterocycles. The Labute approximate surface area is 155 Å². The van der Waals surface area contributed by atoms with Crippen molar-refractivity contribution in [3.8, 4) is 0 Å². The van der Waals surface area contributed by atoms with E-state index in [0.717, 1.165) is 47.7 Å². The van der Waals surface area contributed by atoms with Crippen LogP contribution in [0.25, 0.3) is 16.8 Å². The second-order valence-electron chi connectivity index (χ2n) is 7.14. The maximum absolute atomic E-state index is 5.63. The quantitative estimate of drug-likeness (QED) is 0.508. The Morgan fingerprint density at radius 2 is 2.11 bits per heavy atom. The minimum Gasteiger partial charge on any atom is -0.382 e. The van der Waals surface area contributed by atoms with Crippen LogP contribution in [-0.4, -0.2) is 40.6 Å². The van der Waals surface area contributed by atoms with Gasteiger partial charge in [0.2, 0.25) is 0 Å². The summed E-state index contributed by atoms with van der Waals surface area (Å²) in [6.45, 7) is 2.24. The molecule has 0 aliphatic heterocycles. The van der Waals surface area contributed by atoms with Gasteiger partial charge in [0, 0.05) is 18.2 Å². The Morgan fingerprint density at radius 1 is 1.19 bits per heavy atom. The van der Waals surface area contributed by atoms with Crippen LogP contribution in [0, 0.1) is 5.92 Å². The first-order valence-corrected chi connectivity index (χ1v) is 9.24. The molecule has 5 rings (SSSR count). The molecule has 4 aromatic rings. The van der Waals surface area contributed by atoms with Gasteiger partial charge in [-0.05, 0) is 24.8 Å². The average molecular weight is 363 g/mol. The van der Waals surface area contributed by atoms with Gasteiger partial charge in [0.15, 0.2) is 11.3 Å². The Hall–Kier alpha value is -3.23. The number of anilines is 2. The maximum atomic E-state index is 5.63. The fraction of sp³-hybridized carbons (Fsp3) is 0.389. The summed E-state index contributed by atoms with van der Waals surface area (Å²) in [7, 11) is 0. The monoisotopic (exact) mass is 363 g/mol. The molecular weight excluding hydrogens is 342 g/mol. The molecule has 1 aliphatic carbocycles. The lowest BCUT2D eigenvalue weighted by Crippen LogP contribution is -2.17. The number of aromatic amines is 1. The second-order valence-corrected chi connectivity index (χ2v) is 7.14. The van der Waals surface area contributed by atoms with Crippen molar-refractivity contribution < 1.29 is 0 Å². The van der Waals surface area contributed by atoms with Crippen molar-refractivity contribution in [2.75, 3.05) is 11.1 Å². The van der Waals surface area contributed by atoms with Gasteiger partial charge in [0.05, 0.1) is 24.1 Å². The van der Waals surface area contributed by atoms with Gasteiger partial charge in [-0.25, -0.2) is 15.0 Å². The zero-order chi connectivity index (χ0) is 18.4. The van der Waals surface area contributed by atoms with E-state index in [1.165, 1.54) is 0 Å². The lowest BCUT2D eigenvalue weighted by Gasteiger charge is -2.15. The highest BCUT2D eigenvalue weighted by Gasteiger charge is 2.37. The smallest absolute Gasteiger partial charge is 0.179 e. The lowest BCUT2D eigenvalue weighted by molar-refractivity contribution is 0.451. The summed E-state index contributed by atoms with van der Waals surface area (Å²) in [6.07, 6.45) is 10.1. The number of hydrogen-bond acceptors (Lipinski definition) is 7. The molecule has 138 valence electrons. The van der Waals surface area contributed by atoms with E-state index in [0.29, 0.717) is 23.7 Å². The largest absolute Gasteiger partial charge is 0.382 e. The van der Waals surface area contributed by atoms with Crippen LogP contribution in [0.3, 0.4) is 0 Å². The van der Waals surface area contributed by atoms with Crippen LogP contribution in [0.2, 0.25) is 0 Å². The van der Waals surface area contributed by atoms with Crippen molar-refractivity contribution >= 4 is 28.4 Å².